The van der Waals surface area contributed by atoms with Crippen molar-refractivity contribution in [2.45, 2.75) is 26.4 Å². The molecular formula is C19H20F4N2. The molecule has 6 heteroatoms. The molecule has 0 aromatic heterocycles. The summed E-state index contributed by atoms with van der Waals surface area (Å²) in [7, 11) is 1.71. The van der Waals surface area contributed by atoms with E-state index in [1.54, 1.807) is 24.1 Å². The van der Waals surface area contributed by atoms with Gasteiger partial charge in [-0.15, -0.1) is 0 Å². The van der Waals surface area contributed by atoms with Crippen LogP contribution in [0.1, 0.15) is 29.2 Å². The standard InChI is InChI=1S/C19H20F4N2/c1-4-25(3)12-24-18-11-16(19(21,22)23)15(10-17(18)20)9-14-8-6-5-7-13(14)2/h5-8,10-12H,4,9H2,1-3H3. The molecule has 2 aromatic rings. The average Bonchev–Trinajstić information content (AvgIpc) is 2.54. The number of aliphatic imine (C=N–C) groups is 1. The Bertz CT molecular complexity index is 767. The minimum absolute atomic E-state index is 0.0112. The van der Waals surface area contributed by atoms with Gasteiger partial charge < -0.3 is 4.90 Å². The second-order valence-corrected chi connectivity index (χ2v) is 5.88. The molecule has 0 unspecified atom stereocenters. The lowest BCUT2D eigenvalue weighted by molar-refractivity contribution is -0.138. The number of aryl methyl sites for hydroxylation is 1. The Hall–Kier alpha value is -2.37. The molecule has 2 aromatic carbocycles. The summed E-state index contributed by atoms with van der Waals surface area (Å²) >= 11 is 0. The molecule has 0 amide bonds. The normalized spacial score (nSPS) is 12.0. The molecular weight excluding hydrogens is 332 g/mol. The van der Waals surface area contributed by atoms with Gasteiger partial charge in [0.05, 0.1) is 11.9 Å². The Morgan fingerprint density at radius 1 is 1.12 bits per heavy atom. The summed E-state index contributed by atoms with van der Waals surface area (Å²) in [6.07, 6.45) is -3.25. The maximum atomic E-state index is 14.3. The van der Waals surface area contributed by atoms with Gasteiger partial charge in [-0.1, -0.05) is 24.3 Å². The highest BCUT2D eigenvalue weighted by Gasteiger charge is 2.34. The zero-order valence-electron chi connectivity index (χ0n) is 14.4. The Kier molecular flexibility index (Phi) is 5.82. The van der Waals surface area contributed by atoms with Crippen molar-refractivity contribution in [2.75, 3.05) is 13.6 Å². The largest absolute Gasteiger partial charge is 0.416 e. The van der Waals surface area contributed by atoms with E-state index in [-0.39, 0.29) is 17.7 Å². The number of nitrogens with zero attached hydrogens (tertiary/aromatic N) is 2. The first kappa shape index (κ1) is 19.0. The molecule has 0 N–H and O–H groups in total. The molecule has 0 saturated carbocycles. The van der Waals surface area contributed by atoms with Crippen LogP contribution < -0.4 is 0 Å². The Morgan fingerprint density at radius 2 is 1.80 bits per heavy atom. The maximum Gasteiger partial charge on any atom is 0.416 e. The molecule has 0 atom stereocenters. The minimum Gasteiger partial charge on any atom is -0.366 e. The third-order valence-corrected chi connectivity index (χ3v) is 4.01. The van der Waals surface area contributed by atoms with Gasteiger partial charge in [0.1, 0.15) is 11.5 Å². The van der Waals surface area contributed by atoms with Crippen LogP contribution in [0.15, 0.2) is 41.4 Å². The van der Waals surface area contributed by atoms with E-state index in [9.17, 15) is 17.6 Å². The van der Waals surface area contributed by atoms with Crippen molar-refractivity contribution in [1.29, 1.82) is 0 Å². The molecule has 0 spiro atoms. The number of rotatable bonds is 5. The van der Waals surface area contributed by atoms with Gasteiger partial charge in [0.25, 0.3) is 0 Å². The van der Waals surface area contributed by atoms with E-state index in [2.05, 4.69) is 4.99 Å². The quantitative estimate of drug-likeness (QED) is 0.402. The van der Waals surface area contributed by atoms with Crippen LogP contribution >= 0.6 is 0 Å². The summed E-state index contributed by atoms with van der Waals surface area (Å²) in [5.74, 6) is -0.766. The number of hydrogen-bond donors (Lipinski definition) is 0. The highest BCUT2D eigenvalue weighted by molar-refractivity contribution is 5.62. The third kappa shape index (κ3) is 4.81. The van der Waals surface area contributed by atoms with Crippen molar-refractivity contribution < 1.29 is 17.6 Å². The zero-order valence-corrected chi connectivity index (χ0v) is 14.4. The van der Waals surface area contributed by atoms with Crippen LogP contribution in [0.4, 0.5) is 23.2 Å². The van der Waals surface area contributed by atoms with E-state index in [1.807, 2.05) is 26.0 Å². The van der Waals surface area contributed by atoms with Gasteiger partial charge in [-0.3, -0.25) is 0 Å². The predicted molar refractivity (Wildman–Crippen MR) is 91.8 cm³/mol. The molecule has 0 fully saturated rings. The molecule has 134 valence electrons. The highest BCUT2D eigenvalue weighted by Crippen LogP contribution is 2.37. The van der Waals surface area contributed by atoms with Gasteiger partial charge in [-0.05, 0) is 49.1 Å². The average molecular weight is 352 g/mol. The lowest BCUT2D eigenvalue weighted by atomic mass is 9.96. The number of hydrogen-bond acceptors (Lipinski definition) is 1. The maximum absolute atomic E-state index is 14.3. The van der Waals surface area contributed by atoms with Gasteiger partial charge >= 0.3 is 6.18 Å². The molecule has 0 aliphatic rings. The lowest BCUT2D eigenvalue weighted by Gasteiger charge is -2.16. The van der Waals surface area contributed by atoms with E-state index < -0.39 is 17.6 Å². The van der Waals surface area contributed by atoms with Crippen LogP contribution in [0, 0.1) is 12.7 Å². The van der Waals surface area contributed by atoms with E-state index in [4.69, 9.17) is 0 Å². The molecule has 0 radical (unpaired) electrons. The fraction of sp³-hybridized carbons (Fsp3) is 0.316. The molecule has 0 aliphatic carbocycles. The van der Waals surface area contributed by atoms with E-state index in [1.165, 1.54) is 6.34 Å². The SMILES string of the molecule is CCN(C)C=Nc1cc(C(F)(F)F)c(Cc2ccccc2C)cc1F. The summed E-state index contributed by atoms with van der Waals surface area (Å²) in [4.78, 5) is 5.49. The van der Waals surface area contributed by atoms with Crippen LogP contribution in [-0.2, 0) is 12.6 Å². The first-order chi connectivity index (χ1) is 11.7. The molecule has 0 saturated heterocycles. The van der Waals surface area contributed by atoms with Gasteiger partial charge in [0, 0.05) is 13.6 Å². The van der Waals surface area contributed by atoms with Crippen LogP contribution in [0.2, 0.25) is 0 Å². The van der Waals surface area contributed by atoms with Gasteiger partial charge in [0.2, 0.25) is 0 Å². The second kappa shape index (κ2) is 7.68. The van der Waals surface area contributed by atoms with Crippen molar-refractivity contribution in [2.24, 2.45) is 4.99 Å². The van der Waals surface area contributed by atoms with Gasteiger partial charge in [-0.2, -0.15) is 13.2 Å². The van der Waals surface area contributed by atoms with Crippen molar-refractivity contribution in [3.63, 3.8) is 0 Å². The topological polar surface area (TPSA) is 15.6 Å². The molecule has 0 heterocycles. The summed E-state index contributed by atoms with van der Waals surface area (Å²) in [6.45, 7) is 4.29. The number of halogens is 4. The molecule has 0 aliphatic heterocycles. The summed E-state index contributed by atoms with van der Waals surface area (Å²) < 4.78 is 54.6. The minimum atomic E-state index is -4.58. The lowest BCUT2D eigenvalue weighted by Crippen LogP contribution is -2.14. The third-order valence-electron chi connectivity index (χ3n) is 4.01. The molecule has 2 rings (SSSR count). The highest BCUT2D eigenvalue weighted by atomic mass is 19.4. The van der Waals surface area contributed by atoms with Gasteiger partial charge in [-0.25, -0.2) is 9.38 Å². The summed E-state index contributed by atoms with van der Waals surface area (Å²) in [5, 5.41) is 0. The van der Waals surface area contributed by atoms with Crippen molar-refractivity contribution in [3.05, 3.63) is 64.5 Å². The first-order valence-corrected chi connectivity index (χ1v) is 7.91. The monoisotopic (exact) mass is 352 g/mol. The fourth-order valence-corrected chi connectivity index (χ4v) is 2.37. The van der Waals surface area contributed by atoms with E-state index in [0.717, 1.165) is 23.3 Å². The summed E-state index contributed by atoms with van der Waals surface area (Å²) in [5.41, 5.74) is 0.323. The summed E-state index contributed by atoms with van der Waals surface area (Å²) in [6, 6.07) is 8.85. The zero-order chi connectivity index (χ0) is 18.6. The number of alkyl halides is 3. The Morgan fingerprint density at radius 3 is 2.40 bits per heavy atom. The smallest absolute Gasteiger partial charge is 0.366 e. The number of benzene rings is 2. The van der Waals surface area contributed by atoms with Crippen LogP contribution in [0.25, 0.3) is 0 Å². The Labute approximate surface area is 144 Å². The van der Waals surface area contributed by atoms with Crippen molar-refractivity contribution in [1.82, 2.24) is 4.90 Å². The van der Waals surface area contributed by atoms with Crippen molar-refractivity contribution >= 4 is 12.0 Å². The molecule has 2 nitrogen and oxygen atoms in total. The first-order valence-electron chi connectivity index (χ1n) is 7.91. The molecule has 0 bridgehead atoms. The molecule has 25 heavy (non-hydrogen) atoms. The van der Waals surface area contributed by atoms with Crippen LogP contribution in [0.3, 0.4) is 0 Å². The Balaban J connectivity index is 2.48. The second-order valence-electron chi connectivity index (χ2n) is 5.88. The van der Waals surface area contributed by atoms with E-state index in [0.29, 0.717) is 6.54 Å². The van der Waals surface area contributed by atoms with E-state index >= 15 is 0 Å². The van der Waals surface area contributed by atoms with Crippen LogP contribution in [-0.4, -0.2) is 24.8 Å². The van der Waals surface area contributed by atoms with Crippen molar-refractivity contribution in [3.8, 4) is 0 Å². The fourth-order valence-electron chi connectivity index (χ4n) is 2.37. The van der Waals surface area contributed by atoms with Crippen LogP contribution in [0.5, 0.6) is 0 Å². The van der Waals surface area contributed by atoms with Gasteiger partial charge in [0.15, 0.2) is 0 Å². The predicted octanol–water partition coefficient (Wildman–Crippen LogP) is 5.36.